The van der Waals surface area contributed by atoms with Crippen molar-refractivity contribution in [1.82, 2.24) is 5.32 Å². The van der Waals surface area contributed by atoms with E-state index in [-0.39, 0.29) is 0 Å². The molecule has 3 nitrogen and oxygen atoms in total. The molecule has 17 heavy (non-hydrogen) atoms. The molecule has 0 radical (unpaired) electrons. The van der Waals surface area contributed by atoms with Gasteiger partial charge in [-0.05, 0) is 55.8 Å². The molecule has 3 heteroatoms. The minimum atomic E-state index is 0.363. The van der Waals surface area contributed by atoms with Gasteiger partial charge in [-0.1, -0.05) is 0 Å². The standard InChI is InChI=1S/C14H19NO2/c1-17-13-8-11(12-6-3-7-15-12)9-4-2-5-10(9)14(13)16/h8,12,15-16H,2-7H2,1H3/t12-/m0/s1. The monoisotopic (exact) mass is 233 g/mol. The molecule has 3 rings (SSSR count). The molecule has 1 aromatic carbocycles. The van der Waals surface area contributed by atoms with Gasteiger partial charge in [-0.2, -0.15) is 0 Å². The fourth-order valence-electron chi connectivity index (χ4n) is 3.19. The molecule has 2 aliphatic rings. The molecule has 1 aromatic rings. The van der Waals surface area contributed by atoms with Gasteiger partial charge in [0.2, 0.25) is 0 Å². The van der Waals surface area contributed by atoms with E-state index in [2.05, 4.69) is 5.32 Å². The van der Waals surface area contributed by atoms with Crippen molar-refractivity contribution in [3.63, 3.8) is 0 Å². The van der Waals surface area contributed by atoms with Crippen molar-refractivity contribution in [1.29, 1.82) is 0 Å². The minimum absolute atomic E-state index is 0.363. The average Bonchev–Trinajstić information content (AvgIpc) is 3.00. The van der Waals surface area contributed by atoms with Crippen molar-refractivity contribution >= 4 is 0 Å². The van der Waals surface area contributed by atoms with Gasteiger partial charge in [-0.25, -0.2) is 0 Å². The van der Waals surface area contributed by atoms with Crippen LogP contribution >= 0.6 is 0 Å². The summed E-state index contributed by atoms with van der Waals surface area (Å²) < 4.78 is 5.29. The zero-order chi connectivity index (χ0) is 11.8. The fraction of sp³-hybridized carbons (Fsp3) is 0.571. The SMILES string of the molecule is COc1cc([C@@H]2CCCN2)c2c(c1O)CCC2. The molecule has 0 unspecified atom stereocenters. The molecular weight excluding hydrogens is 214 g/mol. The molecule has 1 aliphatic heterocycles. The van der Waals surface area contributed by atoms with Crippen LogP contribution in [0.5, 0.6) is 11.5 Å². The van der Waals surface area contributed by atoms with Gasteiger partial charge < -0.3 is 15.2 Å². The molecule has 0 aromatic heterocycles. The molecule has 1 fully saturated rings. The third-order valence-electron chi connectivity index (χ3n) is 4.03. The van der Waals surface area contributed by atoms with Crippen LogP contribution in [0, 0.1) is 0 Å². The average molecular weight is 233 g/mol. The highest BCUT2D eigenvalue weighted by Crippen LogP contribution is 2.42. The molecule has 1 aliphatic carbocycles. The lowest BCUT2D eigenvalue weighted by atomic mass is 9.95. The molecule has 1 heterocycles. The van der Waals surface area contributed by atoms with Gasteiger partial charge in [0.15, 0.2) is 11.5 Å². The van der Waals surface area contributed by atoms with Crippen LogP contribution < -0.4 is 10.1 Å². The Balaban J connectivity index is 2.10. The van der Waals surface area contributed by atoms with Crippen LogP contribution in [0.3, 0.4) is 0 Å². The van der Waals surface area contributed by atoms with E-state index in [0.29, 0.717) is 17.5 Å². The number of hydrogen-bond acceptors (Lipinski definition) is 3. The lowest BCUT2D eigenvalue weighted by molar-refractivity contribution is 0.369. The van der Waals surface area contributed by atoms with Gasteiger partial charge in [0.05, 0.1) is 7.11 Å². The summed E-state index contributed by atoms with van der Waals surface area (Å²) in [6.45, 7) is 1.10. The van der Waals surface area contributed by atoms with E-state index in [1.54, 1.807) is 7.11 Å². The van der Waals surface area contributed by atoms with E-state index < -0.39 is 0 Å². The Labute approximate surface area is 102 Å². The summed E-state index contributed by atoms with van der Waals surface area (Å²) in [6.07, 6.45) is 5.66. The number of fused-ring (bicyclic) bond motifs is 1. The van der Waals surface area contributed by atoms with Gasteiger partial charge in [0.1, 0.15) is 0 Å². The Kier molecular flexibility index (Phi) is 2.71. The summed E-state index contributed by atoms with van der Waals surface area (Å²) in [4.78, 5) is 0. The first-order valence-electron chi connectivity index (χ1n) is 6.46. The van der Waals surface area contributed by atoms with Crippen LogP contribution in [0.2, 0.25) is 0 Å². The van der Waals surface area contributed by atoms with Crippen molar-refractivity contribution in [2.75, 3.05) is 13.7 Å². The summed E-state index contributed by atoms with van der Waals surface area (Å²) in [6, 6.07) is 2.49. The highest BCUT2D eigenvalue weighted by molar-refractivity contribution is 5.56. The predicted octanol–water partition coefficient (Wildman–Crippen LogP) is 2.31. The molecule has 1 saturated heterocycles. The maximum atomic E-state index is 10.1. The first kappa shape index (κ1) is 10.9. The molecule has 2 N–H and O–H groups in total. The number of aromatic hydroxyl groups is 1. The van der Waals surface area contributed by atoms with E-state index in [0.717, 1.165) is 31.4 Å². The summed E-state index contributed by atoms with van der Waals surface area (Å²) in [7, 11) is 1.63. The second-order valence-corrected chi connectivity index (χ2v) is 4.98. The molecule has 0 saturated carbocycles. The molecule has 1 atom stereocenters. The van der Waals surface area contributed by atoms with Gasteiger partial charge in [-0.3, -0.25) is 0 Å². The zero-order valence-electron chi connectivity index (χ0n) is 10.3. The molecule has 0 spiro atoms. The normalized spacial score (nSPS) is 22.8. The Morgan fingerprint density at radius 3 is 2.82 bits per heavy atom. The third kappa shape index (κ3) is 1.69. The maximum Gasteiger partial charge on any atom is 0.161 e. The van der Waals surface area contributed by atoms with Gasteiger partial charge in [0, 0.05) is 11.6 Å². The summed E-state index contributed by atoms with van der Waals surface area (Å²) in [5.74, 6) is 0.996. The molecule has 0 bridgehead atoms. The van der Waals surface area contributed by atoms with Crippen LogP contribution in [0.25, 0.3) is 0 Å². The lowest BCUT2D eigenvalue weighted by Crippen LogP contribution is -2.15. The van der Waals surface area contributed by atoms with Crippen LogP contribution in [0.1, 0.15) is 42.0 Å². The third-order valence-corrected chi connectivity index (χ3v) is 4.03. The predicted molar refractivity (Wildman–Crippen MR) is 66.7 cm³/mol. The van der Waals surface area contributed by atoms with E-state index >= 15 is 0 Å². The van der Waals surface area contributed by atoms with E-state index in [1.165, 1.54) is 24.0 Å². The number of hydrogen-bond donors (Lipinski definition) is 2. The van der Waals surface area contributed by atoms with Gasteiger partial charge in [-0.15, -0.1) is 0 Å². The Morgan fingerprint density at radius 2 is 2.12 bits per heavy atom. The van der Waals surface area contributed by atoms with E-state index in [1.807, 2.05) is 6.07 Å². The van der Waals surface area contributed by atoms with Crippen LogP contribution in [-0.2, 0) is 12.8 Å². The topological polar surface area (TPSA) is 41.5 Å². The number of methoxy groups -OCH3 is 1. The number of benzene rings is 1. The summed E-state index contributed by atoms with van der Waals surface area (Å²) in [5.41, 5.74) is 3.83. The molecule has 92 valence electrons. The minimum Gasteiger partial charge on any atom is -0.504 e. The largest absolute Gasteiger partial charge is 0.504 e. The first-order chi connectivity index (χ1) is 8.31. The van der Waals surface area contributed by atoms with E-state index in [9.17, 15) is 5.11 Å². The van der Waals surface area contributed by atoms with E-state index in [4.69, 9.17) is 4.74 Å². The maximum absolute atomic E-state index is 10.1. The molecular formula is C14H19NO2. The Morgan fingerprint density at radius 1 is 1.29 bits per heavy atom. The smallest absolute Gasteiger partial charge is 0.161 e. The van der Waals surface area contributed by atoms with Gasteiger partial charge in [0.25, 0.3) is 0 Å². The van der Waals surface area contributed by atoms with Crippen LogP contribution in [0.15, 0.2) is 6.07 Å². The highest BCUT2D eigenvalue weighted by atomic mass is 16.5. The fourth-order valence-corrected chi connectivity index (χ4v) is 3.19. The van der Waals surface area contributed by atoms with Crippen LogP contribution in [-0.4, -0.2) is 18.8 Å². The first-order valence-corrected chi connectivity index (χ1v) is 6.46. The number of phenols is 1. The number of rotatable bonds is 2. The second kappa shape index (κ2) is 4.22. The number of nitrogens with one attached hydrogen (secondary N) is 1. The quantitative estimate of drug-likeness (QED) is 0.823. The van der Waals surface area contributed by atoms with Crippen molar-refractivity contribution in [3.8, 4) is 11.5 Å². The summed E-state index contributed by atoms with van der Waals surface area (Å²) >= 11 is 0. The lowest BCUT2D eigenvalue weighted by Gasteiger charge is -2.18. The number of phenolic OH excluding ortho intramolecular Hbond substituents is 1. The number of ether oxygens (including phenoxy) is 1. The zero-order valence-corrected chi connectivity index (χ0v) is 10.3. The van der Waals surface area contributed by atoms with Crippen molar-refractivity contribution in [2.45, 2.75) is 38.1 Å². The van der Waals surface area contributed by atoms with Gasteiger partial charge >= 0.3 is 0 Å². The van der Waals surface area contributed by atoms with Crippen molar-refractivity contribution in [2.24, 2.45) is 0 Å². The Hall–Kier alpha value is -1.22. The van der Waals surface area contributed by atoms with Crippen LogP contribution in [0.4, 0.5) is 0 Å². The van der Waals surface area contributed by atoms with Crippen molar-refractivity contribution in [3.05, 3.63) is 22.8 Å². The molecule has 0 amide bonds. The second-order valence-electron chi connectivity index (χ2n) is 4.98. The summed E-state index contributed by atoms with van der Waals surface area (Å²) in [5, 5.41) is 13.7. The van der Waals surface area contributed by atoms with Crippen molar-refractivity contribution < 1.29 is 9.84 Å². The highest BCUT2D eigenvalue weighted by Gasteiger charge is 2.27. The Bertz CT molecular complexity index is 436.